The summed E-state index contributed by atoms with van der Waals surface area (Å²) in [6.07, 6.45) is 2.74. The Hall–Kier alpha value is -4.46. The summed E-state index contributed by atoms with van der Waals surface area (Å²) in [5, 5.41) is 3.30. The van der Waals surface area contributed by atoms with E-state index in [2.05, 4.69) is 15.2 Å². The van der Waals surface area contributed by atoms with Gasteiger partial charge in [0.2, 0.25) is 11.8 Å². The van der Waals surface area contributed by atoms with Gasteiger partial charge in [0.15, 0.2) is 6.61 Å². The molecule has 5 amide bonds. The minimum Gasteiger partial charge on any atom is -0.483 e. The zero-order valence-electron chi connectivity index (χ0n) is 28.2. The molecule has 1 aromatic carbocycles. The highest BCUT2D eigenvalue weighted by Gasteiger charge is 2.37. The van der Waals surface area contributed by atoms with Crippen LogP contribution in [0.25, 0.3) is 10.9 Å². The molecule has 3 aliphatic rings. The number of likely N-dealkylation sites (tertiary alicyclic amines) is 1. The van der Waals surface area contributed by atoms with E-state index in [0.29, 0.717) is 75.5 Å². The molecule has 3 aliphatic heterocycles. The Morgan fingerprint density at radius 2 is 1.60 bits per heavy atom. The summed E-state index contributed by atoms with van der Waals surface area (Å²) >= 11 is 0. The maximum absolute atomic E-state index is 13.4. The predicted octanol–water partition coefficient (Wildman–Crippen LogP) is 1.50. The van der Waals surface area contributed by atoms with Crippen LogP contribution in [0.1, 0.15) is 48.7 Å². The molecular formula is C34H47N7O7. The minimum atomic E-state index is -0.557. The molecule has 2 aromatic rings. The molecule has 14 nitrogen and oxygen atoms in total. The summed E-state index contributed by atoms with van der Waals surface area (Å²) in [6, 6.07) is 6.53. The van der Waals surface area contributed by atoms with Crippen LogP contribution in [0.5, 0.6) is 5.75 Å². The van der Waals surface area contributed by atoms with Crippen molar-refractivity contribution in [3.63, 3.8) is 0 Å². The number of benzene rings is 1. The molecule has 260 valence electrons. The number of pyridine rings is 1. The van der Waals surface area contributed by atoms with Crippen molar-refractivity contribution in [1.82, 2.24) is 34.8 Å². The van der Waals surface area contributed by atoms with Crippen molar-refractivity contribution >= 4 is 40.6 Å². The molecule has 0 bridgehead atoms. The van der Waals surface area contributed by atoms with E-state index in [9.17, 15) is 24.0 Å². The highest BCUT2D eigenvalue weighted by Crippen LogP contribution is 2.27. The van der Waals surface area contributed by atoms with Gasteiger partial charge in [-0.3, -0.25) is 19.2 Å². The molecule has 0 unspecified atom stereocenters. The first kappa shape index (κ1) is 34.9. The molecule has 0 spiro atoms. The van der Waals surface area contributed by atoms with Crippen LogP contribution >= 0.6 is 0 Å². The van der Waals surface area contributed by atoms with Gasteiger partial charge in [0.05, 0.1) is 18.7 Å². The number of ether oxygens (including phenoxy) is 2. The number of rotatable bonds is 10. The van der Waals surface area contributed by atoms with Crippen molar-refractivity contribution in [1.29, 1.82) is 0 Å². The van der Waals surface area contributed by atoms with Crippen LogP contribution in [0.2, 0.25) is 0 Å². The third-order valence-electron chi connectivity index (χ3n) is 9.20. The van der Waals surface area contributed by atoms with Gasteiger partial charge in [-0.2, -0.15) is 0 Å². The highest BCUT2D eigenvalue weighted by atomic mass is 16.6. The molecular weight excluding hydrogens is 618 g/mol. The average Bonchev–Trinajstić information content (AvgIpc) is 3.59. The molecule has 3 fully saturated rings. The monoisotopic (exact) mass is 665 g/mol. The Bertz CT molecular complexity index is 1500. The van der Waals surface area contributed by atoms with Crippen LogP contribution in [0.15, 0.2) is 24.3 Å². The number of aromatic nitrogens is 1. The molecule has 4 heterocycles. The number of fused-ring (bicyclic) bond motifs is 1. The van der Waals surface area contributed by atoms with Crippen LogP contribution < -0.4 is 10.1 Å². The molecule has 48 heavy (non-hydrogen) atoms. The molecule has 1 N–H and O–H groups in total. The first-order valence-electron chi connectivity index (χ1n) is 16.9. The van der Waals surface area contributed by atoms with Gasteiger partial charge in [-0.25, -0.2) is 9.78 Å². The first-order valence-corrected chi connectivity index (χ1v) is 16.9. The van der Waals surface area contributed by atoms with Gasteiger partial charge < -0.3 is 39.3 Å². The number of nitrogens with one attached hydrogen (secondary N) is 1. The smallest absolute Gasteiger partial charge is 0.409 e. The van der Waals surface area contributed by atoms with E-state index in [4.69, 9.17) is 9.47 Å². The van der Waals surface area contributed by atoms with Crippen LogP contribution in [0.3, 0.4) is 0 Å². The van der Waals surface area contributed by atoms with E-state index in [1.807, 2.05) is 44.0 Å². The van der Waals surface area contributed by atoms with Gasteiger partial charge in [0, 0.05) is 70.4 Å². The van der Waals surface area contributed by atoms with E-state index < -0.39 is 11.9 Å². The van der Waals surface area contributed by atoms with Gasteiger partial charge in [0.25, 0.3) is 11.8 Å². The lowest BCUT2D eigenvalue weighted by atomic mass is 10.1. The molecule has 3 saturated heterocycles. The summed E-state index contributed by atoms with van der Waals surface area (Å²) in [7, 11) is 2.03. The maximum atomic E-state index is 13.4. The van der Waals surface area contributed by atoms with E-state index in [1.54, 1.807) is 14.7 Å². The van der Waals surface area contributed by atoms with Crippen molar-refractivity contribution in [2.45, 2.75) is 45.6 Å². The SMILES string of the molecule is CCCCOC(=O)N1CCN(C(=O)CNC(=O)c2cc(OCC(=O)N3CCC[C@H]3C(=O)N3CCN(C)CC3)c3ccc(C)cc3n2)CC1. The van der Waals surface area contributed by atoms with Crippen LogP contribution in [-0.4, -0.2) is 151 Å². The lowest BCUT2D eigenvalue weighted by Gasteiger charge is -2.35. The molecule has 0 radical (unpaired) electrons. The topological polar surface area (TPSA) is 145 Å². The number of carbonyl (C=O) groups is 5. The van der Waals surface area contributed by atoms with E-state index in [-0.39, 0.29) is 42.7 Å². The Balaban J connectivity index is 1.18. The zero-order chi connectivity index (χ0) is 34.2. The second-order valence-corrected chi connectivity index (χ2v) is 12.7. The third-order valence-corrected chi connectivity index (χ3v) is 9.20. The normalized spacial score (nSPS) is 18.6. The fourth-order valence-electron chi connectivity index (χ4n) is 6.22. The first-order chi connectivity index (χ1) is 23.1. The molecule has 1 atom stereocenters. The number of unbranched alkanes of at least 4 members (excludes halogenated alkanes) is 1. The average molecular weight is 666 g/mol. The number of hydrogen-bond acceptors (Lipinski definition) is 9. The van der Waals surface area contributed by atoms with Crippen molar-refractivity contribution < 1.29 is 33.4 Å². The van der Waals surface area contributed by atoms with Crippen molar-refractivity contribution in [3.8, 4) is 5.75 Å². The van der Waals surface area contributed by atoms with Gasteiger partial charge in [0.1, 0.15) is 17.5 Å². The van der Waals surface area contributed by atoms with E-state index >= 15 is 0 Å². The number of aryl methyl sites for hydroxylation is 1. The van der Waals surface area contributed by atoms with Crippen LogP contribution in [0.4, 0.5) is 4.79 Å². The molecule has 5 rings (SSSR count). The van der Waals surface area contributed by atoms with Crippen LogP contribution in [0, 0.1) is 6.92 Å². The quantitative estimate of drug-likeness (QED) is 0.374. The summed E-state index contributed by atoms with van der Waals surface area (Å²) in [5.41, 5.74) is 1.50. The molecule has 0 aliphatic carbocycles. The molecule has 14 heteroatoms. The fraction of sp³-hybridized carbons (Fsp3) is 0.588. The summed E-state index contributed by atoms with van der Waals surface area (Å²) in [6.45, 7) is 8.58. The summed E-state index contributed by atoms with van der Waals surface area (Å²) < 4.78 is 11.3. The largest absolute Gasteiger partial charge is 0.483 e. The lowest BCUT2D eigenvalue weighted by Crippen LogP contribution is -2.54. The number of likely N-dealkylation sites (N-methyl/N-ethyl adjacent to an activating group) is 1. The number of amides is 5. The van der Waals surface area contributed by atoms with Crippen molar-refractivity contribution in [2.24, 2.45) is 0 Å². The Kier molecular flexibility index (Phi) is 11.7. The summed E-state index contributed by atoms with van der Waals surface area (Å²) in [4.78, 5) is 78.4. The third kappa shape index (κ3) is 8.52. The van der Waals surface area contributed by atoms with Gasteiger partial charge in [-0.15, -0.1) is 0 Å². The fourth-order valence-corrected chi connectivity index (χ4v) is 6.22. The Morgan fingerprint density at radius 1 is 0.896 bits per heavy atom. The van der Waals surface area contributed by atoms with Crippen molar-refractivity contribution in [2.75, 3.05) is 85.7 Å². The number of hydrogen-bond donors (Lipinski definition) is 1. The second kappa shape index (κ2) is 16.1. The van der Waals surface area contributed by atoms with Crippen LogP contribution in [-0.2, 0) is 19.1 Å². The van der Waals surface area contributed by atoms with E-state index in [0.717, 1.165) is 37.9 Å². The van der Waals surface area contributed by atoms with Gasteiger partial charge >= 0.3 is 6.09 Å². The predicted molar refractivity (Wildman–Crippen MR) is 178 cm³/mol. The Labute approximate surface area is 281 Å². The Morgan fingerprint density at radius 3 is 2.33 bits per heavy atom. The number of carbonyl (C=O) groups excluding carboxylic acids is 5. The molecule has 0 saturated carbocycles. The number of nitrogens with zero attached hydrogens (tertiary/aromatic N) is 6. The standard InChI is InChI=1S/C34H47N7O7/c1-4-5-19-47-34(46)40-17-15-38(16-18-40)30(42)22-35-32(44)27-21-29(25-9-8-24(2)20-26(25)36-27)48-23-31(43)41-10-6-7-28(41)33(45)39-13-11-37(3)12-14-39/h8-9,20-21,28H,4-7,10-19,22-23H2,1-3H3,(H,35,44)/t28-/m0/s1. The highest BCUT2D eigenvalue weighted by molar-refractivity contribution is 5.99. The zero-order valence-corrected chi connectivity index (χ0v) is 28.2. The van der Waals surface area contributed by atoms with Crippen molar-refractivity contribution in [3.05, 3.63) is 35.5 Å². The van der Waals surface area contributed by atoms with Gasteiger partial charge in [-0.1, -0.05) is 19.4 Å². The number of piperazine rings is 2. The molecule has 1 aromatic heterocycles. The van der Waals surface area contributed by atoms with Gasteiger partial charge in [-0.05, 0) is 50.9 Å². The second-order valence-electron chi connectivity index (χ2n) is 12.7. The summed E-state index contributed by atoms with van der Waals surface area (Å²) in [5.74, 6) is -0.819. The minimum absolute atomic E-state index is 0.0147. The van der Waals surface area contributed by atoms with E-state index in [1.165, 1.54) is 6.07 Å². The lowest BCUT2D eigenvalue weighted by molar-refractivity contribution is -0.145. The maximum Gasteiger partial charge on any atom is 0.409 e.